The van der Waals surface area contributed by atoms with Crippen LogP contribution in [0.2, 0.25) is 0 Å². The second kappa shape index (κ2) is 7.58. The normalized spacial score (nSPS) is 22.9. The minimum atomic E-state index is 0.0517. The molecule has 5 heteroatoms. The van der Waals surface area contributed by atoms with Crippen LogP contribution in [0.25, 0.3) is 0 Å². The molecule has 126 valence electrons. The van der Waals surface area contributed by atoms with Gasteiger partial charge in [-0.2, -0.15) is 0 Å². The molecule has 0 aromatic heterocycles. The third-order valence-electron chi connectivity index (χ3n) is 4.75. The Hall–Kier alpha value is -1.20. The monoisotopic (exact) mass is 335 g/mol. The molecule has 4 nitrogen and oxygen atoms in total. The molecule has 3 rings (SSSR count). The van der Waals surface area contributed by atoms with Gasteiger partial charge in [-0.15, -0.1) is 11.8 Å². The molecule has 1 spiro atoms. The maximum atomic E-state index is 12.2. The highest BCUT2D eigenvalue weighted by molar-refractivity contribution is 8.00. The van der Waals surface area contributed by atoms with Crippen LogP contribution >= 0.6 is 11.8 Å². The lowest BCUT2D eigenvalue weighted by atomic mass is 9.82. The predicted molar refractivity (Wildman–Crippen MR) is 92.0 cm³/mol. The molecule has 1 amide bonds. The molecule has 1 N–H and O–H groups in total. The largest absolute Gasteiger partial charge is 0.497 e. The lowest BCUT2D eigenvalue weighted by molar-refractivity contribution is -0.119. The summed E-state index contributed by atoms with van der Waals surface area (Å²) in [4.78, 5) is 13.2. The van der Waals surface area contributed by atoms with Crippen LogP contribution in [0.3, 0.4) is 0 Å². The number of rotatable bonds is 5. The van der Waals surface area contributed by atoms with Crippen LogP contribution in [0.4, 0.5) is 0 Å². The van der Waals surface area contributed by atoms with Crippen LogP contribution in [-0.2, 0) is 9.53 Å². The second-order valence-corrected chi connectivity index (χ2v) is 7.54. The van der Waals surface area contributed by atoms with Crippen LogP contribution in [0, 0.1) is 0 Å². The van der Waals surface area contributed by atoms with Crippen molar-refractivity contribution in [1.29, 1.82) is 0 Å². The zero-order valence-corrected chi connectivity index (χ0v) is 14.5. The number of carbonyl (C=O) groups is 1. The van der Waals surface area contributed by atoms with E-state index in [9.17, 15) is 4.79 Å². The summed E-state index contributed by atoms with van der Waals surface area (Å²) in [6, 6.07) is 7.97. The van der Waals surface area contributed by atoms with Crippen molar-refractivity contribution in [1.82, 2.24) is 5.32 Å². The summed E-state index contributed by atoms with van der Waals surface area (Å²) >= 11 is 1.54. The first kappa shape index (κ1) is 16.7. The van der Waals surface area contributed by atoms with Crippen molar-refractivity contribution < 1.29 is 14.3 Å². The zero-order valence-electron chi connectivity index (χ0n) is 13.7. The fourth-order valence-electron chi connectivity index (χ4n) is 3.59. The molecule has 1 aromatic carbocycles. The van der Waals surface area contributed by atoms with E-state index >= 15 is 0 Å². The average Bonchev–Trinajstić information content (AvgIpc) is 2.96. The third-order valence-corrected chi connectivity index (χ3v) is 5.74. The molecule has 1 heterocycles. The second-order valence-electron chi connectivity index (χ2n) is 6.49. The van der Waals surface area contributed by atoms with E-state index in [1.807, 2.05) is 24.3 Å². The van der Waals surface area contributed by atoms with Crippen molar-refractivity contribution in [2.45, 2.75) is 55.1 Å². The number of thioether (sulfide) groups is 1. The standard InChI is InChI=1S/C18H25NO3S/c1-21-15-6-5-7-16(10-15)23-13-17(20)19-14-11-18(22-12-14)8-3-2-4-9-18/h5-7,10,14H,2-4,8-9,11-13H2,1H3,(H,19,20)/t14-/m1/s1. The fraction of sp³-hybridized carbons (Fsp3) is 0.611. The smallest absolute Gasteiger partial charge is 0.230 e. The number of hydrogen-bond donors (Lipinski definition) is 1. The van der Waals surface area contributed by atoms with E-state index in [0.29, 0.717) is 12.4 Å². The van der Waals surface area contributed by atoms with Crippen molar-refractivity contribution in [2.75, 3.05) is 19.5 Å². The molecule has 23 heavy (non-hydrogen) atoms. The van der Waals surface area contributed by atoms with Gasteiger partial charge in [-0.25, -0.2) is 0 Å². The highest BCUT2D eigenvalue weighted by atomic mass is 32.2. The van der Waals surface area contributed by atoms with Crippen LogP contribution in [0.15, 0.2) is 29.2 Å². The van der Waals surface area contributed by atoms with Crippen molar-refractivity contribution >= 4 is 17.7 Å². The average molecular weight is 335 g/mol. The van der Waals surface area contributed by atoms with Gasteiger partial charge in [0, 0.05) is 4.90 Å². The number of carbonyl (C=O) groups excluding carboxylic acids is 1. The van der Waals surface area contributed by atoms with E-state index in [1.165, 1.54) is 31.0 Å². The Morgan fingerprint density at radius 1 is 1.39 bits per heavy atom. The highest BCUT2D eigenvalue weighted by Crippen LogP contribution is 2.39. The van der Waals surface area contributed by atoms with E-state index in [2.05, 4.69) is 5.32 Å². The summed E-state index contributed by atoms with van der Waals surface area (Å²) in [6.07, 6.45) is 7.11. The van der Waals surface area contributed by atoms with E-state index in [0.717, 1.165) is 29.9 Å². The molecule has 1 aliphatic carbocycles. The number of hydrogen-bond acceptors (Lipinski definition) is 4. The van der Waals surface area contributed by atoms with Crippen molar-refractivity contribution in [3.8, 4) is 5.75 Å². The minimum Gasteiger partial charge on any atom is -0.497 e. The van der Waals surface area contributed by atoms with Gasteiger partial charge in [0.25, 0.3) is 0 Å². The Labute approximate surface area is 142 Å². The van der Waals surface area contributed by atoms with Crippen molar-refractivity contribution in [3.63, 3.8) is 0 Å². The van der Waals surface area contributed by atoms with Gasteiger partial charge in [0.2, 0.25) is 5.91 Å². The Balaban J connectivity index is 1.44. The molecular formula is C18H25NO3S. The topological polar surface area (TPSA) is 47.6 Å². The van der Waals surface area contributed by atoms with Gasteiger partial charge in [-0.3, -0.25) is 4.79 Å². The maximum Gasteiger partial charge on any atom is 0.230 e. The molecule has 2 fully saturated rings. The molecule has 2 aliphatic rings. The van der Waals surface area contributed by atoms with Gasteiger partial charge in [0.05, 0.1) is 31.1 Å². The van der Waals surface area contributed by atoms with E-state index < -0.39 is 0 Å². The van der Waals surface area contributed by atoms with Gasteiger partial charge >= 0.3 is 0 Å². The molecule has 1 saturated heterocycles. The lowest BCUT2D eigenvalue weighted by Gasteiger charge is -2.32. The number of ether oxygens (including phenoxy) is 2. The number of nitrogens with one attached hydrogen (secondary N) is 1. The number of amides is 1. The van der Waals surface area contributed by atoms with Crippen LogP contribution in [-0.4, -0.2) is 37.0 Å². The SMILES string of the molecule is COc1cccc(SCC(=O)N[C@H]2COC3(CCCCC3)C2)c1. The molecule has 0 bridgehead atoms. The van der Waals surface area contributed by atoms with Gasteiger partial charge in [-0.1, -0.05) is 25.3 Å². The van der Waals surface area contributed by atoms with E-state index in [-0.39, 0.29) is 17.6 Å². The van der Waals surface area contributed by atoms with Gasteiger partial charge in [0.15, 0.2) is 0 Å². The third kappa shape index (κ3) is 4.42. The van der Waals surface area contributed by atoms with Gasteiger partial charge < -0.3 is 14.8 Å². The first-order chi connectivity index (χ1) is 11.2. The summed E-state index contributed by atoms with van der Waals surface area (Å²) < 4.78 is 11.3. The molecule has 1 saturated carbocycles. The first-order valence-corrected chi connectivity index (χ1v) is 9.38. The summed E-state index contributed by atoms with van der Waals surface area (Å²) in [5, 5.41) is 3.13. The Kier molecular flexibility index (Phi) is 5.49. The van der Waals surface area contributed by atoms with Crippen LogP contribution in [0.1, 0.15) is 38.5 Å². The molecular weight excluding hydrogens is 310 g/mol. The Morgan fingerprint density at radius 3 is 3.00 bits per heavy atom. The van der Waals surface area contributed by atoms with Crippen LogP contribution < -0.4 is 10.1 Å². The summed E-state index contributed by atoms with van der Waals surface area (Å²) in [6.45, 7) is 0.662. The number of methoxy groups -OCH3 is 1. The predicted octanol–water partition coefficient (Wildman–Crippen LogP) is 3.40. The van der Waals surface area contributed by atoms with Crippen molar-refractivity contribution in [2.24, 2.45) is 0 Å². The first-order valence-electron chi connectivity index (χ1n) is 8.39. The highest BCUT2D eigenvalue weighted by Gasteiger charge is 2.41. The number of benzene rings is 1. The summed E-state index contributed by atoms with van der Waals surface area (Å²) in [7, 11) is 1.65. The van der Waals surface area contributed by atoms with E-state index in [1.54, 1.807) is 7.11 Å². The summed E-state index contributed by atoms with van der Waals surface area (Å²) in [5.41, 5.74) is 0.0517. The quantitative estimate of drug-likeness (QED) is 0.838. The summed E-state index contributed by atoms with van der Waals surface area (Å²) in [5.74, 6) is 1.33. The maximum absolute atomic E-state index is 12.2. The molecule has 0 radical (unpaired) electrons. The van der Waals surface area contributed by atoms with E-state index in [4.69, 9.17) is 9.47 Å². The van der Waals surface area contributed by atoms with Crippen LogP contribution in [0.5, 0.6) is 5.75 Å². The Bertz CT molecular complexity index is 543. The zero-order chi connectivity index (χ0) is 16.1. The molecule has 1 aromatic rings. The molecule has 1 atom stereocenters. The minimum absolute atomic E-state index is 0.0517. The Morgan fingerprint density at radius 2 is 2.22 bits per heavy atom. The van der Waals surface area contributed by atoms with Gasteiger partial charge in [-0.05, 0) is 37.5 Å². The van der Waals surface area contributed by atoms with Gasteiger partial charge in [0.1, 0.15) is 5.75 Å². The fourth-order valence-corrected chi connectivity index (χ4v) is 4.35. The lowest BCUT2D eigenvalue weighted by Crippen LogP contribution is -2.38. The molecule has 1 aliphatic heterocycles. The molecule has 0 unspecified atom stereocenters. The van der Waals surface area contributed by atoms with Crippen molar-refractivity contribution in [3.05, 3.63) is 24.3 Å².